The lowest BCUT2D eigenvalue weighted by Gasteiger charge is -2.27. The van der Waals surface area contributed by atoms with Gasteiger partial charge < -0.3 is 20.1 Å². The maximum Gasteiger partial charge on any atom is 0.180 e. The highest BCUT2D eigenvalue weighted by Gasteiger charge is 2.13. The first-order valence-electron chi connectivity index (χ1n) is 9.63. The lowest BCUT2D eigenvalue weighted by Crippen LogP contribution is -2.45. The number of piperazine rings is 1. The van der Waals surface area contributed by atoms with E-state index in [0.29, 0.717) is 33.2 Å². The van der Waals surface area contributed by atoms with Gasteiger partial charge in [-0.25, -0.2) is 0 Å². The number of nitrogens with one attached hydrogen (secondary N) is 2. The first-order valence-corrected chi connectivity index (χ1v) is 10.8. The average Bonchev–Trinajstić information content (AvgIpc) is 2.73. The van der Waals surface area contributed by atoms with Gasteiger partial charge in [0.25, 0.3) is 0 Å². The molecule has 0 bridgehead atoms. The van der Waals surface area contributed by atoms with E-state index in [1.54, 1.807) is 19.2 Å². The molecule has 0 atom stereocenters. The molecule has 0 unspecified atom stereocenters. The Bertz CT molecular complexity index is 814. The summed E-state index contributed by atoms with van der Waals surface area (Å²) in [4.78, 5) is 2.46. The topological polar surface area (TPSA) is 45.8 Å². The predicted octanol–water partition coefficient (Wildman–Crippen LogP) is 4.23. The number of rotatable bonds is 9. The van der Waals surface area contributed by atoms with E-state index >= 15 is 0 Å². The minimum atomic E-state index is 0.315. The van der Waals surface area contributed by atoms with E-state index in [0.717, 1.165) is 56.9 Å². The van der Waals surface area contributed by atoms with Crippen LogP contribution in [-0.2, 0) is 13.2 Å². The van der Waals surface area contributed by atoms with Crippen molar-refractivity contribution in [2.75, 3.05) is 46.4 Å². The van der Waals surface area contributed by atoms with Gasteiger partial charge in [-0.1, -0.05) is 40.9 Å². The Morgan fingerprint density at radius 2 is 1.76 bits per heavy atom. The van der Waals surface area contributed by atoms with Crippen molar-refractivity contribution < 1.29 is 9.47 Å². The summed E-state index contributed by atoms with van der Waals surface area (Å²) in [6, 6.07) is 9.25. The van der Waals surface area contributed by atoms with Crippen molar-refractivity contribution in [3.8, 4) is 11.5 Å². The number of methoxy groups -OCH3 is 1. The van der Waals surface area contributed by atoms with Gasteiger partial charge in [0, 0.05) is 45.8 Å². The molecule has 0 aliphatic carbocycles. The zero-order chi connectivity index (χ0) is 20.6. The summed E-state index contributed by atoms with van der Waals surface area (Å²) in [6.07, 6.45) is 0. The molecule has 3 rings (SSSR count). The molecule has 1 saturated heterocycles. The largest absolute Gasteiger partial charge is 0.493 e. The summed E-state index contributed by atoms with van der Waals surface area (Å²) < 4.78 is 11.4. The van der Waals surface area contributed by atoms with Crippen LogP contribution >= 0.6 is 34.8 Å². The first kappa shape index (κ1) is 22.5. The summed E-state index contributed by atoms with van der Waals surface area (Å²) in [7, 11) is 1.61. The van der Waals surface area contributed by atoms with Crippen molar-refractivity contribution >= 4 is 34.8 Å². The number of nitrogens with zero attached hydrogens (tertiary/aromatic N) is 1. The standard InChI is InChI=1S/C21H26Cl3N3O2/c1-28-20-12-16(13-26-6-9-27-7-4-25-5-8-27)11-19(24)21(20)29-14-15-2-3-17(22)18(23)10-15/h2-3,10-12,25-26H,4-9,13-14H2,1H3. The summed E-state index contributed by atoms with van der Waals surface area (Å²) in [5.41, 5.74) is 1.95. The van der Waals surface area contributed by atoms with Crippen LogP contribution in [0.4, 0.5) is 0 Å². The minimum absolute atomic E-state index is 0.315. The van der Waals surface area contributed by atoms with Gasteiger partial charge in [0.15, 0.2) is 11.5 Å². The van der Waals surface area contributed by atoms with Crippen LogP contribution in [0.3, 0.4) is 0 Å². The van der Waals surface area contributed by atoms with Gasteiger partial charge in [-0.15, -0.1) is 0 Å². The van der Waals surface area contributed by atoms with Crippen LogP contribution in [0, 0.1) is 0 Å². The molecule has 8 heteroatoms. The number of hydrogen-bond acceptors (Lipinski definition) is 5. The molecule has 0 amide bonds. The maximum atomic E-state index is 6.48. The van der Waals surface area contributed by atoms with E-state index in [9.17, 15) is 0 Å². The SMILES string of the molecule is COc1cc(CNCCN2CCNCC2)cc(Cl)c1OCc1ccc(Cl)c(Cl)c1. The molecule has 0 saturated carbocycles. The van der Waals surface area contributed by atoms with Gasteiger partial charge in [0.2, 0.25) is 0 Å². The highest BCUT2D eigenvalue weighted by atomic mass is 35.5. The number of ether oxygens (including phenoxy) is 2. The highest BCUT2D eigenvalue weighted by Crippen LogP contribution is 2.37. The van der Waals surface area contributed by atoms with E-state index in [1.807, 2.05) is 18.2 Å². The Kier molecular flexibility index (Phi) is 8.72. The van der Waals surface area contributed by atoms with Crippen LogP contribution in [-0.4, -0.2) is 51.3 Å². The molecule has 2 aromatic carbocycles. The molecule has 1 heterocycles. The second kappa shape index (κ2) is 11.3. The van der Waals surface area contributed by atoms with Crippen molar-refractivity contribution in [3.05, 3.63) is 56.5 Å². The minimum Gasteiger partial charge on any atom is -0.493 e. The van der Waals surface area contributed by atoms with E-state index in [2.05, 4.69) is 15.5 Å². The Morgan fingerprint density at radius 3 is 2.48 bits per heavy atom. The normalized spacial score (nSPS) is 14.8. The van der Waals surface area contributed by atoms with Crippen LogP contribution in [0.1, 0.15) is 11.1 Å². The van der Waals surface area contributed by atoms with Crippen LogP contribution in [0.2, 0.25) is 15.1 Å². The monoisotopic (exact) mass is 457 g/mol. The Labute approximate surface area is 187 Å². The predicted molar refractivity (Wildman–Crippen MR) is 120 cm³/mol. The van der Waals surface area contributed by atoms with Crippen LogP contribution in [0.15, 0.2) is 30.3 Å². The van der Waals surface area contributed by atoms with Crippen LogP contribution in [0.5, 0.6) is 11.5 Å². The van der Waals surface area contributed by atoms with E-state index in [-0.39, 0.29) is 0 Å². The van der Waals surface area contributed by atoms with Gasteiger partial charge in [-0.05, 0) is 35.4 Å². The molecule has 1 fully saturated rings. The van der Waals surface area contributed by atoms with Crippen molar-refractivity contribution in [2.45, 2.75) is 13.2 Å². The molecule has 29 heavy (non-hydrogen) atoms. The van der Waals surface area contributed by atoms with Crippen LogP contribution < -0.4 is 20.1 Å². The zero-order valence-corrected chi connectivity index (χ0v) is 18.7. The number of hydrogen-bond donors (Lipinski definition) is 2. The average molecular weight is 459 g/mol. The van der Waals surface area contributed by atoms with E-state index in [4.69, 9.17) is 44.3 Å². The second-order valence-electron chi connectivity index (χ2n) is 6.91. The lowest BCUT2D eigenvalue weighted by atomic mass is 10.2. The van der Waals surface area contributed by atoms with Crippen LogP contribution in [0.25, 0.3) is 0 Å². The quantitative estimate of drug-likeness (QED) is 0.551. The molecular formula is C21H26Cl3N3O2. The fourth-order valence-electron chi connectivity index (χ4n) is 3.20. The third kappa shape index (κ3) is 6.64. The van der Waals surface area contributed by atoms with Crippen molar-refractivity contribution in [3.63, 3.8) is 0 Å². The molecule has 5 nitrogen and oxygen atoms in total. The highest BCUT2D eigenvalue weighted by molar-refractivity contribution is 6.42. The summed E-state index contributed by atoms with van der Waals surface area (Å²) in [5.74, 6) is 1.13. The van der Waals surface area contributed by atoms with Crippen molar-refractivity contribution in [1.82, 2.24) is 15.5 Å². The molecule has 1 aliphatic heterocycles. The summed E-state index contributed by atoms with van der Waals surface area (Å²) in [6.45, 7) is 7.34. The van der Waals surface area contributed by atoms with Gasteiger partial charge in [0.1, 0.15) is 6.61 Å². The van der Waals surface area contributed by atoms with Crippen molar-refractivity contribution in [2.24, 2.45) is 0 Å². The maximum absolute atomic E-state index is 6.48. The van der Waals surface area contributed by atoms with Gasteiger partial charge in [-0.3, -0.25) is 4.90 Å². The first-order chi connectivity index (χ1) is 14.1. The molecule has 2 N–H and O–H groups in total. The Balaban J connectivity index is 1.55. The van der Waals surface area contributed by atoms with Gasteiger partial charge >= 0.3 is 0 Å². The van der Waals surface area contributed by atoms with Gasteiger partial charge in [-0.2, -0.15) is 0 Å². The van der Waals surface area contributed by atoms with Crippen molar-refractivity contribution in [1.29, 1.82) is 0 Å². The summed E-state index contributed by atoms with van der Waals surface area (Å²) in [5, 5.41) is 8.36. The molecular weight excluding hydrogens is 433 g/mol. The number of halogens is 3. The lowest BCUT2D eigenvalue weighted by molar-refractivity contribution is 0.241. The van der Waals surface area contributed by atoms with Gasteiger partial charge in [0.05, 0.1) is 22.2 Å². The Hall–Kier alpha value is -1.21. The Morgan fingerprint density at radius 1 is 1.00 bits per heavy atom. The zero-order valence-electron chi connectivity index (χ0n) is 16.4. The molecule has 158 valence electrons. The third-order valence-corrected chi connectivity index (χ3v) is 5.82. The molecule has 0 spiro atoms. The fraction of sp³-hybridized carbons (Fsp3) is 0.429. The second-order valence-corrected chi connectivity index (χ2v) is 8.14. The third-order valence-electron chi connectivity index (χ3n) is 4.80. The summed E-state index contributed by atoms with van der Waals surface area (Å²) >= 11 is 18.5. The van der Waals surface area contributed by atoms with E-state index in [1.165, 1.54) is 0 Å². The number of benzene rings is 2. The smallest absolute Gasteiger partial charge is 0.180 e. The molecule has 1 aliphatic rings. The van der Waals surface area contributed by atoms with E-state index < -0.39 is 0 Å². The molecule has 2 aromatic rings. The molecule has 0 aromatic heterocycles. The molecule has 0 radical (unpaired) electrons. The fourth-order valence-corrected chi connectivity index (χ4v) is 3.81.